The van der Waals surface area contributed by atoms with Crippen LogP contribution in [0, 0.1) is 5.82 Å². The van der Waals surface area contributed by atoms with Gasteiger partial charge in [-0.15, -0.1) is 0 Å². The Hall–Kier alpha value is -2.31. The number of benzene rings is 3. The van der Waals surface area contributed by atoms with Crippen molar-refractivity contribution in [1.29, 1.82) is 0 Å². The highest BCUT2D eigenvalue weighted by molar-refractivity contribution is 9.10. The third-order valence-corrected chi connectivity index (χ3v) is 4.67. The van der Waals surface area contributed by atoms with E-state index >= 15 is 0 Å². The summed E-state index contributed by atoms with van der Waals surface area (Å²) in [6.07, 6.45) is 0. The van der Waals surface area contributed by atoms with Crippen molar-refractivity contribution in [2.45, 2.75) is 0 Å². The fourth-order valence-electron chi connectivity index (χ4n) is 2.43. The first kappa shape index (κ1) is 18.5. The average molecular weight is 477 g/mol. The van der Waals surface area contributed by atoms with Crippen molar-refractivity contribution in [1.82, 2.24) is 0 Å². The number of halogens is 3. The van der Waals surface area contributed by atoms with Gasteiger partial charge in [0.15, 0.2) is 5.78 Å². The van der Waals surface area contributed by atoms with E-state index in [-0.39, 0.29) is 11.3 Å². The number of hydrogen-bond acceptors (Lipinski definition) is 2. The van der Waals surface area contributed by atoms with Crippen LogP contribution in [0.2, 0.25) is 0 Å². The molecule has 6 heteroatoms. The molecule has 0 atom stereocenters. The van der Waals surface area contributed by atoms with E-state index in [2.05, 4.69) is 37.2 Å². The highest BCUT2D eigenvalue weighted by atomic mass is 79.9. The Balaban J connectivity index is 1.96. The van der Waals surface area contributed by atoms with Crippen LogP contribution >= 0.6 is 31.9 Å². The van der Waals surface area contributed by atoms with Crippen molar-refractivity contribution in [2.24, 2.45) is 0 Å². The van der Waals surface area contributed by atoms with Gasteiger partial charge in [-0.2, -0.15) is 0 Å². The van der Waals surface area contributed by atoms with Crippen molar-refractivity contribution in [3.05, 3.63) is 98.2 Å². The summed E-state index contributed by atoms with van der Waals surface area (Å²) in [5, 5.41) is 2.63. The first-order valence-corrected chi connectivity index (χ1v) is 9.20. The second-order valence-corrected chi connectivity index (χ2v) is 7.29. The molecule has 0 bridgehead atoms. The molecule has 0 aliphatic heterocycles. The summed E-state index contributed by atoms with van der Waals surface area (Å²) in [5.41, 5.74) is 1.03. The molecule has 0 saturated heterocycles. The number of rotatable bonds is 4. The van der Waals surface area contributed by atoms with E-state index in [1.54, 1.807) is 48.5 Å². The molecule has 0 saturated carbocycles. The van der Waals surface area contributed by atoms with Crippen molar-refractivity contribution in [2.75, 3.05) is 5.32 Å². The van der Waals surface area contributed by atoms with Gasteiger partial charge >= 0.3 is 0 Å². The number of carbonyl (C=O) groups is 2. The molecule has 0 aliphatic rings. The molecule has 0 spiro atoms. The molecule has 3 rings (SSSR count). The number of nitrogens with one attached hydrogen (secondary N) is 1. The topological polar surface area (TPSA) is 46.2 Å². The number of carbonyl (C=O) groups excluding carboxylic acids is 2. The molecule has 26 heavy (non-hydrogen) atoms. The molecule has 3 aromatic rings. The Morgan fingerprint density at radius 3 is 2.08 bits per heavy atom. The molecular weight excluding hydrogens is 465 g/mol. The minimum Gasteiger partial charge on any atom is -0.321 e. The summed E-state index contributed by atoms with van der Waals surface area (Å²) < 4.78 is 15.3. The predicted molar refractivity (Wildman–Crippen MR) is 106 cm³/mol. The lowest BCUT2D eigenvalue weighted by molar-refractivity contribution is 0.102. The van der Waals surface area contributed by atoms with Crippen molar-refractivity contribution in [3.8, 4) is 0 Å². The number of amides is 1. The van der Waals surface area contributed by atoms with Gasteiger partial charge in [-0.05, 0) is 36.4 Å². The van der Waals surface area contributed by atoms with Crippen molar-refractivity contribution < 1.29 is 14.0 Å². The van der Waals surface area contributed by atoms with Crippen molar-refractivity contribution >= 4 is 49.2 Å². The van der Waals surface area contributed by atoms with Gasteiger partial charge < -0.3 is 5.32 Å². The van der Waals surface area contributed by atoms with E-state index in [0.717, 1.165) is 0 Å². The molecule has 1 N–H and O–H groups in total. The lowest BCUT2D eigenvalue weighted by atomic mass is 10.0. The zero-order chi connectivity index (χ0) is 18.7. The maximum Gasteiger partial charge on any atom is 0.258 e. The number of anilines is 1. The third-order valence-electron chi connectivity index (χ3n) is 3.69. The van der Waals surface area contributed by atoms with E-state index < -0.39 is 11.7 Å². The summed E-state index contributed by atoms with van der Waals surface area (Å²) in [4.78, 5) is 25.2. The molecule has 0 radical (unpaired) electrons. The van der Waals surface area contributed by atoms with E-state index in [1.807, 2.05) is 6.07 Å². The molecule has 3 aromatic carbocycles. The molecule has 130 valence electrons. The summed E-state index contributed by atoms with van der Waals surface area (Å²) in [5.74, 6) is -1.51. The fourth-order valence-corrected chi connectivity index (χ4v) is 3.12. The quantitative estimate of drug-likeness (QED) is 0.481. The van der Waals surface area contributed by atoms with Gasteiger partial charge in [0.2, 0.25) is 0 Å². The molecule has 0 fully saturated rings. The van der Waals surface area contributed by atoms with Gasteiger partial charge in [-0.1, -0.05) is 62.2 Å². The molecule has 0 unspecified atom stereocenters. The zero-order valence-corrected chi connectivity index (χ0v) is 16.5. The predicted octanol–water partition coefficient (Wildman–Crippen LogP) is 5.83. The standard InChI is InChI=1S/C20H12Br2FNO2/c21-13-6-8-15(17(23)10-13)20(26)24-18-11-14(22)7-9-16(18)19(25)12-4-2-1-3-5-12/h1-11H,(H,24,26). The van der Waals surface area contributed by atoms with Crippen LogP contribution in [0.3, 0.4) is 0 Å². The maximum absolute atomic E-state index is 14.0. The molecule has 1 amide bonds. The first-order valence-electron chi connectivity index (χ1n) is 7.61. The van der Waals surface area contributed by atoms with Crippen LogP contribution in [0.25, 0.3) is 0 Å². The van der Waals surface area contributed by atoms with Gasteiger partial charge in [0.1, 0.15) is 5.82 Å². The second kappa shape index (κ2) is 7.93. The van der Waals surface area contributed by atoms with E-state index in [1.165, 1.54) is 12.1 Å². The Kier molecular flexibility index (Phi) is 5.64. The Morgan fingerprint density at radius 2 is 1.42 bits per heavy atom. The summed E-state index contributed by atoms with van der Waals surface area (Å²) in [6, 6.07) is 17.9. The lowest BCUT2D eigenvalue weighted by Crippen LogP contribution is -2.16. The Morgan fingerprint density at radius 1 is 0.808 bits per heavy atom. The van der Waals surface area contributed by atoms with Crippen LogP contribution in [0.1, 0.15) is 26.3 Å². The van der Waals surface area contributed by atoms with Crippen LogP contribution in [0.5, 0.6) is 0 Å². The minimum atomic E-state index is -0.650. The summed E-state index contributed by atoms with van der Waals surface area (Å²) in [6.45, 7) is 0. The normalized spacial score (nSPS) is 10.4. The van der Waals surface area contributed by atoms with Gasteiger partial charge in [0, 0.05) is 20.1 Å². The monoisotopic (exact) mass is 475 g/mol. The Labute approximate surface area is 166 Å². The largest absolute Gasteiger partial charge is 0.321 e. The third kappa shape index (κ3) is 4.08. The van der Waals surface area contributed by atoms with E-state index in [0.29, 0.717) is 25.8 Å². The lowest BCUT2D eigenvalue weighted by Gasteiger charge is -2.12. The first-order chi connectivity index (χ1) is 12.5. The zero-order valence-electron chi connectivity index (χ0n) is 13.3. The molecule has 0 heterocycles. The molecule has 0 aliphatic carbocycles. The smallest absolute Gasteiger partial charge is 0.258 e. The molecule has 0 aromatic heterocycles. The number of ketones is 1. The number of hydrogen-bond donors (Lipinski definition) is 1. The van der Waals surface area contributed by atoms with Crippen LogP contribution in [-0.2, 0) is 0 Å². The summed E-state index contributed by atoms with van der Waals surface area (Å²) >= 11 is 6.48. The Bertz CT molecular complexity index is 990. The highest BCUT2D eigenvalue weighted by Crippen LogP contribution is 2.25. The molecular formula is C20H12Br2FNO2. The minimum absolute atomic E-state index is 0.105. The fraction of sp³-hybridized carbons (Fsp3) is 0. The van der Waals surface area contributed by atoms with Crippen molar-refractivity contribution in [3.63, 3.8) is 0 Å². The summed E-state index contributed by atoms with van der Waals surface area (Å²) in [7, 11) is 0. The second-order valence-electron chi connectivity index (χ2n) is 5.46. The van der Waals surface area contributed by atoms with Gasteiger partial charge in [-0.3, -0.25) is 9.59 Å². The maximum atomic E-state index is 14.0. The SMILES string of the molecule is O=C(Nc1cc(Br)ccc1C(=O)c1ccccc1)c1ccc(Br)cc1F. The average Bonchev–Trinajstić information content (AvgIpc) is 2.62. The van der Waals surface area contributed by atoms with Gasteiger partial charge in [-0.25, -0.2) is 4.39 Å². The van der Waals surface area contributed by atoms with E-state index in [4.69, 9.17) is 0 Å². The van der Waals surface area contributed by atoms with Crippen LogP contribution in [-0.4, -0.2) is 11.7 Å². The van der Waals surface area contributed by atoms with Crippen LogP contribution < -0.4 is 5.32 Å². The van der Waals surface area contributed by atoms with Gasteiger partial charge in [0.25, 0.3) is 5.91 Å². The van der Waals surface area contributed by atoms with Crippen LogP contribution in [0.15, 0.2) is 75.7 Å². The van der Waals surface area contributed by atoms with Gasteiger partial charge in [0.05, 0.1) is 11.3 Å². The van der Waals surface area contributed by atoms with E-state index in [9.17, 15) is 14.0 Å². The molecule has 3 nitrogen and oxygen atoms in total. The van der Waals surface area contributed by atoms with Crippen LogP contribution in [0.4, 0.5) is 10.1 Å². The highest BCUT2D eigenvalue weighted by Gasteiger charge is 2.18.